The number of carboxylic acids is 1. The lowest BCUT2D eigenvalue weighted by Crippen LogP contribution is -2.47. The highest BCUT2D eigenvalue weighted by Crippen LogP contribution is 2.44. The molecule has 0 aliphatic heterocycles. The van der Waals surface area contributed by atoms with Crippen molar-refractivity contribution in [3.05, 3.63) is 59.7 Å². The van der Waals surface area contributed by atoms with Gasteiger partial charge >= 0.3 is 18.2 Å². The van der Waals surface area contributed by atoms with Crippen LogP contribution in [0.1, 0.15) is 49.7 Å². The Morgan fingerprint density at radius 2 is 1.54 bits per heavy atom. The Labute approximate surface area is 200 Å². The number of halogens is 3. The Morgan fingerprint density at radius 3 is 2.06 bits per heavy atom. The molecule has 1 aliphatic rings. The van der Waals surface area contributed by atoms with E-state index < -0.39 is 49.1 Å². The second kappa shape index (κ2) is 11.2. The second-order valence-corrected chi connectivity index (χ2v) is 8.35. The van der Waals surface area contributed by atoms with Gasteiger partial charge in [0.05, 0.1) is 0 Å². The molecule has 0 heterocycles. The van der Waals surface area contributed by atoms with Crippen LogP contribution in [0.3, 0.4) is 0 Å². The molecule has 1 aliphatic carbocycles. The summed E-state index contributed by atoms with van der Waals surface area (Å²) in [6.07, 6.45) is -6.79. The van der Waals surface area contributed by atoms with Gasteiger partial charge < -0.3 is 20.5 Å². The zero-order valence-corrected chi connectivity index (χ0v) is 19.1. The first-order valence-corrected chi connectivity index (χ1v) is 11.3. The van der Waals surface area contributed by atoms with Crippen LogP contribution < -0.4 is 10.6 Å². The zero-order chi connectivity index (χ0) is 25.6. The minimum atomic E-state index is -4.82. The highest BCUT2D eigenvalue weighted by molar-refractivity contribution is 5.83. The summed E-state index contributed by atoms with van der Waals surface area (Å²) in [5.74, 6) is -2.41. The number of benzene rings is 2. The summed E-state index contributed by atoms with van der Waals surface area (Å²) < 4.78 is 45.6. The molecule has 0 aromatic heterocycles. The van der Waals surface area contributed by atoms with Crippen molar-refractivity contribution in [3.8, 4) is 11.1 Å². The molecule has 7 nitrogen and oxygen atoms in total. The number of nitrogens with one attached hydrogen (secondary N) is 2. The van der Waals surface area contributed by atoms with Crippen LogP contribution in [0.25, 0.3) is 11.1 Å². The Balaban J connectivity index is 1.59. The Morgan fingerprint density at radius 1 is 0.971 bits per heavy atom. The third-order valence-corrected chi connectivity index (χ3v) is 5.90. The number of hydrogen-bond donors (Lipinski definition) is 3. The van der Waals surface area contributed by atoms with Crippen molar-refractivity contribution in [1.82, 2.24) is 10.6 Å². The molecule has 0 bridgehead atoms. The van der Waals surface area contributed by atoms with E-state index in [9.17, 15) is 27.6 Å². The fourth-order valence-electron chi connectivity index (χ4n) is 4.19. The first-order valence-electron chi connectivity index (χ1n) is 11.3. The average Bonchev–Trinajstić information content (AvgIpc) is 3.13. The van der Waals surface area contributed by atoms with E-state index in [0.29, 0.717) is 6.42 Å². The summed E-state index contributed by atoms with van der Waals surface area (Å²) in [5.41, 5.74) is 3.81. The summed E-state index contributed by atoms with van der Waals surface area (Å²) in [5, 5.41) is 13.1. The van der Waals surface area contributed by atoms with Gasteiger partial charge in [-0.25, -0.2) is 9.59 Å². The minimum Gasteiger partial charge on any atom is -0.480 e. The number of alkyl halides is 3. The van der Waals surface area contributed by atoms with Gasteiger partial charge in [-0.1, -0.05) is 61.9 Å². The molecule has 3 rings (SSSR count). The van der Waals surface area contributed by atoms with Crippen LogP contribution in [0.15, 0.2) is 48.5 Å². The molecule has 0 fully saturated rings. The minimum absolute atomic E-state index is 0.151. The Hall–Kier alpha value is -3.56. The smallest absolute Gasteiger partial charge is 0.408 e. The van der Waals surface area contributed by atoms with Gasteiger partial charge in [0.25, 0.3) is 0 Å². The molecule has 2 atom stereocenters. The number of hydrogen-bond acceptors (Lipinski definition) is 4. The molecule has 2 aromatic rings. The van der Waals surface area contributed by atoms with E-state index in [1.54, 1.807) is 12.2 Å². The van der Waals surface area contributed by atoms with Crippen molar-refractivity contribution >= 4 is 18.0 Å². The summed E-state index contributed by atoms with van der Waals surface area (Å²) in [6.45, 7) is 1.57. The number of carbonyl (C=O) groups is 3. The molecule has 0 saturated carbocycles. The van der Waals surface area contributed by atoms with Crippen LogP contribution >= 0.6 is 0 Å². The first-order chi connectivity index (χ1) is 16.6. The van der Waals surface area contributed by atoms with Crippen molar-refractivity contribution in [1.29, 1.82) is 0 Å². The maximum absolute atomic E-state index is 13.5. The molecule has 188 valence electrons. The summed E-state index contributed by atoms with van der Waals surface area (Å²) in [6, 6.07) is 11.6. The predicted octanol–water partition coefficient (Wildman–Crippen LogP) is 4.61. The second-order valence-electron chi connectivity index (χ2n) is 8.35. The lowest BCUT2D eigenvalue weighted by Gasteiger charge is -2.22. The average molecular weight is 492 g/mol. The highest BCUT2D eigenvalue weighted by atomic mass is 19.4. The van der Waals surface area contributed by atoms with Crippen molar-refractivity contribution in [2.24, 2.45) is 0 Å². The molecule has 2 amide bonds. The molecule has 0 radical (unpaired) electrons. The molecule has 3 N–H and O–H groups in total. The third kappa shape index (κ3) is 6.52. The van der Waals surface area contributed by atoms with Gasteiger partial charge in [-0.15, -0.1) is 0 Å². The molecule has 35 heavy (non-hydrogen) atoms. The number of alkyl carbamates (subject to hydrolysis) is 1. The standard InChI is InChI=1S/C25H27F3N2O5/c1-2-7-20(23(32)33)29-22(31)13-12-21(25(26,27)28)30-24(34)35-14-19-17-10-5-3-8-15(17)16-9-4-6-11-18(16)19/h3-6,8-11,19-21H,2,7,12-14H2,1H3,(H,29,31)(H,30,34)(H,32,33)/t20?,21-/m0/s1. The van der Waals surface area contributed by atoms with E-state index >= 15 is 0 Å². The van der Waals surface area contributed by atoms with Crippen LogP contribution in [-0.2, 0) is 14.3 Å². The van der Waals surface area contributed by atoms with Crippen molar-refractivity contribution in [2.45, 2.75) is 56.8 Å². The van der Waals surface area contributed by atoms with Gasteiger partial charge in [0, 0.05) is 12.3 Å². The van der Waals surface area contributed by atoms with Gasteiger partial charge in [0.1, 0.15) is 18.7 Å². The molecule has 0 spiro atoms. The van der Waals surface area contributed by atoms with Crippen molar-refractivity contribution in [2.75, 3.05) is 6.61 Å². The summed E-state index contributed by atoms with van der Waals surface area (Å²) in [4.78, 5) is 35.4. The fraction of sp³-hybridized carbons (Fsp3) is 0.400. The van der Waals surface area contributed by atoms with E-state index in [2.05, 4.69) is 5.32 Å². The van der Waals surface area contributed by atoms with E-state index in [1.807, 2.05) is 48.5 Å². The molecular weight excluding hydrogens is 465 g/mol. The summed E-state index contributed by atoms with van der Waals surface area (Å²) >= 11 is 0. The van der Waals surface area contributed by atoms with Crippen molar-refractivity contribution < 1.29 is 37.4 Å². The number of amides is 2. The van der Waals surface area contributed by atoms with Crippen LogP contribution in [0.4, 0.5) is 18.0 Å². The Kier molecular flexibility index (Phi) is 8.37. The quantitative estimate of drug-likeness (QED) is 0.450. The molecule has 10 heteroatoms. The normalized spacial score (nSPS) is 14.4. The number of ether oxygens (including phenoxy) is 1. The Bertz CT molecular complexity index is 1030. The van der Waals surface area contributed by atoms with E-state index in [-0.39, 0.29) is 18.9 Å². The number of carboxylic acid groups (broad SMARTS) is 1. The van der Waals surface area contributed by atoms with Gasteiger partial charge in [0.15, 0.2) is 0 Å². The van der Waals surface area contributed by atoms with E-state index in [0.717, 1.165) is 22.3 Å². The maximum atomic E-state index is 13.5. The van der Waals surface area contributed by atoms with Crippen molar-refractivity contribution in [3.63, 3.8) is 0 Å². The van der Waals surface area contributed by atoms with Crippen LogP contribution in [-0.4, -0.2) is 47.9 Å². The van der Waals surface area contributed by atoms with E-state index in [4.69, 9.17) is 9.84 Å². The number of carbonyl (C=O) groups excluding carboxylic acids is 2. The predicted molar refractivity (Wildman–Crippen MR) is 122 cm³/mol. The topological polar surface area (TPSA) is 105 Å². The number of rotatable bonds is 10. The van der Waals surface area contributed by atoms with Gasteiger partial charge in [0.2, 0.25) is 5.91 Å². The molecular formula is C25H27F3N2O5. The van der Waals surface area contributed by atoms with Gasteiger partial charge in [-0.3, -0.25) is 4.79 Å². The third-order valence-electron chi connectivity index (χ3n) is 5.90. The van der Waals surface area contributed by atoms with Crippen LogP contribution in [0.5, 0.6) is 0 Å². The maximum Gasteiger partial charge on any atom is 0.408 e. The van der Waals surface area contributed by atoms with E-state index in [1.165, 1.54) is 0 Å². The number of fused-ring (bicyclic) bond motifs is 3. The lowest BCUT2D eigenvalue weighted by molar-refractivity contribution is -0.157. The highest BCUT2D eigenvalue weighted by Gasteiger charge is 2.41. The van der Waals surface area contributed by atoms with Gasteiger partial charge in [-0.2, -0.15) is 13.2 Å². The number of aliphatic carboxylic acids is 1. The molecule has 1 unspecified atom stereocenters. The SMILES string of the molecule is CCCC(NC(=O)CC[C@H](NC(=O)OCC1c2ccccc2-c2ccccc21)C(F)(F)F)C(=O)O. The summed E-state index contributed by atoms with van der Waals surface area (Å²) in [7, 11) is 0. The zero-order valence-electron chi connectivity index (χ0n) is 19.1. The lowest BCUT2D eigenvalue weighted by atomic mass is 9.98. The largest absolute Gasteiger partial charge is 0.480 e. The monoisotopic (exact) mass is 492 g/mol. The molecule has 2 aromatic carbocycles. The van der Waals surface area contributed by atoms with Gasteiger partial charge in [-0.05, 0) is 35.1 Å². The van der Waals surface area contributed by atoms with Crippen LogP contribution in [0, 0.1) is 0 Å². The first kappa shape index (κ1) is 26.1. The molecule has 0 saturated heterocycles. The van der Waals surface area contributed by atoms with Crippen LogP contribution in [0.2, 0.25) is 0 Å². The fourth-order valence-corrected chi connectivity index (χ4v) is 4.19.